The molecule has 1 saturated heterocycles. The van der Waals surface area contributed by atoms with Gasteiger partial charge in [-0.05, 0) is 36.8 Å². The van der Waals surface area contributed by atoms with Crippen molar-refractivity contribution < 1.29 is 9.80 Å². The van der Waals surface area contributed by atoms with Crippen LogP contribution in [-0.2, 0) is 6.54 Å². The molecule has 2 fully saturated rings. The molecule has 0 amide bonds. The van der Waals surface area contributed by atoms with Crippen LogP contribution in [0.1, 0.15) is 18.4 Å². The summed E-state index contributed by atoms with van der Waals surface area (Å²) >= 11 is 0. The Bertz CT molecular complexity index is 490. The highest BCUT2D eigenvalue weighted by Crippen LogP contribution is 2.42. The molecule has 3 atom stereocenters. The number of fused-ring (bicyclic) bond motifs is 2. The van der Waals surface area contributed by atoms with E-state index < -0.39 is 0 Å². The fourth-order valence-electron chi connectivity index (χ4n) is 4.63. The molecule has 4 rings (SSSR count). The second kappa shape index (κ2) is 5.90. The highest BCUT2D eigenvalue weighted by atomic mass is 15.3. The first-order valence-corrected chi connectivity index (χ1v) is 8.61. The molecule has 2 bridgehead atoms. The van der Waals surface area contributed by atoms with Crippen molar-refractivity contribution in [1.82, 2.24) is 4.98 Å². The number of nitrogens with one attached hydrogen (secondary N) is 2. The van der Waals surface area contributed by atoms with E-state index in [2.05, 4.69) is 29.3 Å². The standard InChI is InChI=1S/C18H25N3/c1-2-17-11-16(1)12-18(17)14-21-9-7-20(8-10-21)13-15-3-5-19-6-4-15/h1-6,16-18H,7-14H2/p+2/t16-,17-,18-/m0/s1. The van der Waals surface area contributed by atoms with E-state index >= 15 is 0 Å². The summed E-state index contributed by atoms with van der Waals surface area (Å²) < 4.78 is 0. The minimum absolute atomic E-state index is 0.921. The van der Waals surface area contributed by atoms with Crippen LogP contribution in [0.3, 0.4) is 0 Å². The van der Waals surface area contributed by atoms with E-state index in [4.69, 9.17) is 0 Å². The number of pyridine rings is 1. The van der Waals surface area contributed by atoms with Gasteiger partial charge in [0.2, 0.25) is 0 Å². The van der Waals surface area contributed by atoms with Gasteiger partial charge >= 0.3 is 0 Å². The average molecular weight is 285 g/mol. The third-order valence-corrected chi connectivity index (χ3v) is 5.83. The van der Waals surface area contributed by atoms with Crippen molar-refractivity contribution in [1.29, 1.82) is 0 Å². The highest BCUT2D eigenvalue weighted by molar-refractivity contribution is 5.10. The summed E-state index contributed by atoms with van der Waals surface area (Å²) in [6.45, 7) is 7.97. The summed E-state index contributed by atoms with van der Waals surface area (Å²) in [5.74, 6) is 2.83. The molecule has 2 heterocycles. The molecule has 2 aliphatic carbocycles. The average Bonchev–Trinajstić information content (AvgIpc) is 3.13. The SMILES string of the molecule is C1=C[C@H]2C[C@H]1C[C@H]2C[NH+]1CC[NH+](Cc2ccncc2)CC1. The quantitative estimate of drug-likeness (QED) is 0.721. The largest absolute Gasteiger partial charge is 0.325 e. The van der Waals surface area contributed by atoms with Crippen LogP contribution < -0.4 is 9.80 Å². The summed E-state index contributed by atoms with van der Waals surface area (Å²) in [6.07, 6.45) is 11.7. The van der Waals surface area contributed by atoms with E-state index in [0.717, 1.165) is 17.8 Å². The second-order valence-electron chi connectivity index (χ2n) is 7.28. The fourth-order valence-corrected chi connectivity index (χ4v) is 4.63. The van der Waals surface area contributed by atoms with Crippen LogP contribution in [0.4, 0.5) is 0 Å². The monoisotopic (exact) mass is 285 g/mol. The molecule has 0 aromatic carbocycles. The van der Waals surface area contributed by atoms with Crippen molar-refractivity contribution in [3.05, 3.63) is 42.2 Å². The van der Waals surface area contributed by atoms with E-state index in [1.807, 2.05) is 17.3 Å². The van der Waals surface area contributed by atoms with Crippen molar-refractivity contribution in [3.8, 4) is 0 Å². The normalized spacial score (nSPS) is 38.0. The predicted octanol–water partition coefficient (Wildman–Crippen LogP) is -0.423. The van der Waals surface area contributed by atoms with E-state index in [1.54, 1.807) is 4.90 Å². The van der Waals surface area contributed by atoms with Gasteiger partial charge in [-0.15, -0.1) is 0 Å². The maximum atomic E-state index is 4.11. The summed E-state index contributed by atoms with van der Waals surface area (Å²) in [7, 11) is 0. The van der Waals surface area contributed by atoms with E-state index in [0.29, 0.717) is 0 Å². The minimum Gasteiger partial charge on any atom is -0.325 e. The summed E-state index contributed by atoms with van der Waals surface area (Å²) in [4.78, 5) is 7.72. The number of piperazine rings is 1. The Kier molecular flexibility index (Phi) is 3.78. The van der Waals surface area contributed by atoms with Gasteiger partial charge in [0.1, 0.15) is 32.7 Å². The number of aromatic nitrogens is 1. The van der Waals surface area contributed by atoms with Gasteiger partial charge in [-0.1, -0.05) is 12.2 Å². The molecule has 112 valence electrons. The van der Waals surface area contributed by atoms with Gasteiger partial charge in [0.05, 0.1) is 6.54 Å². The highest BCUT2D eigenvalue weighted by Gasteiger charge is 2.38. The van der Waals surface area contributed by atoms with Crippen molar-refractivity contribution >= 4 is 0 Å². The molecule has 21 heavy (non-hydrogen) atoms. The Hall–Kier alpha value is -1.19. The maximum absolute atomic E-state index is 4.11. The zero-order chi connectivity index (χ0) is 14.1. The van der Waals surface area contributed by atoms with Gasteiger partial charge in [-0.25, -0.2) is 0 Å². The zero-order valence-electron chi connectivity index (χ0n) is 12.8. The third kappa shape index (κ3) is 3.04. The lowest BCUT2D eigenvalue weighted by molar-refractivity contribution is -1.02. The van der Waals surface area contributed by atoms with Crippen LogP contribution in [0.5, 0.6) is 0 Å². The van der Waals surface area contributed by atoms with E-state index in [-0.39, 0.29) is 0 Å². The molecule has 3 nitrogen and oxygen atoms in total. The van der Waals surface area contributed by atoms with E-state index in [9.17, 15) is 0 Å². The summed E-state index contributed by atoms with van der Waals surface area (Å²) in [6, 6.07) is 4.32. The first-order chi connectivity index (χ1) is 10.4. The topological polar surface area (TPSA) is 21.8 Å². The summed E-state index contributed by atoms with van der Waals surface area (Å²) in [5, 5.41) is 0. The molecule has 3 aliphatic rings. The van der Waals surface area contributed by atoms with Gasteiger partial charge in [0, 0.05) is 23.9 Å². The zero-order valence-corrected chi connectivity index (χ0v) is 12.8. The van der Waals surface area contributed by atoms with Crippen LogP contribution in [0.25, 0.3) is 0 Å². The van der Waals surface area contributed by atoms with Gasteiger partial charge in [-0.3, -0.25) is 4.98 Å². The van der Waals surface area contributed by atoms with Crippen LogP contribution >= 0.6 is 0 Å². The predicted molar refractivity (Wildman–Crippen MR) is 83.0 cm³/mol. The number of hydrogen-bond donors (Lipinski definition) is 2. The first kappa shape index (κ1) is 13.5. The van der Waals surface area contributed by atoms with Crippen molar-refractivity contribution in [2.24, 2.45) is 17.8 Å². The molecule has 1 aromatic rings. The number of rotatable bonds is 4. The molecule has 1 saturated carbocycles. The Morgan fingerprint density at radius 3 is 2.38 bits per heavy atom. The molecule has 1 aromatic heterocycles. The lowest BCUT2D eigenvalue weighted by Gasteiger charge is -2.32. The Morgan fingerprint density at radius 1 is 0.952 bits per heavy atom. The Labute approximate surface area is 127 Å². The van der Waals surface area contributed by atoms with Crippen molar-refractivity contribution in [2.45, 2.75) is 19.4 Å². The molecule has 0 spiro atoms. The Balaban J connectivity index is 1.24. The van der Waals surface area contributed by atoms with Gasteiger partial charge in [0.25, 0.3) is 0 Å². The molecule has 3 heteroatoms. The van der Waals surface area contributed by atoms with Crippen LogP contribution in [0, 0.1) is 17.8 Å². The molecule has 0 radical (unpaired) electrons. The van der Waals surface area contributed by atoms with Crippen LogP contribution in [0.2, 0.25) is 0 Å². The molecule has 0 unspecified atom stereocenters. The number of hydrogen-bond acceptors (Lipinski definition) is 1. The lowest BCUT2D eigenvalue weighted by Crippen LogP contribution is -3.27. The van der Waals surface area contributed by atoms with Gasteiger partial charge < -0.3 is 9.80 Å². The lowest BCUT2D eigenvalue weighted by atomic mass is 9.93. The summed E-state index contributed by atoms with van der Waals surface area (Å²) in [5.41, 5.74) is 1.43. The first-order valence-electron chi connectivity index (χ1n) is 8.61. The second-order valence-corrected chi connectivity index (χ2v) is 7.28. The Morgan fingerprint density at radius 2 is 1.71 bits per heavy atom. The third-order valence-electron chi connectivity index (χ3n) is 5.83. The van der Waals surface area contributed by atoms with Crippen molar-refractivity contribution in [2.75, 3.05) is 32.7 Å². The minimum atomic E-state index is 0.921. The number of allylic oxidation sites excluding steroid dienone is 2. The van der Waals surface area contributed by atoms with Crippen molar-refractivity contribution in [3.63, 3.8) is 0 Å². The molecular weight excluding hydrogens is 258 g/mol. The van der Waals surface area contributed by atoms with Gasteiger partial charge in [0.15, 0.2) is 0 Å². The van der Waals surface area contributed by atoms with E-state index in [1.165, 1.54) is 57.7 Å². The number of quaternary nitrogens is 2. The smallest absolute Gasteiger partial charge is 0.127 e. The maximum Gasteiger partial charge on any atom is 0.127 e. The number of nitrogens with zero attached hydrogens (tertiary/aromatic N) is 1. The molecule has 2 N–H and O–H groups in total. The van der Waals surface area contributed by atoms with Crippen LogP contribution in [-0.4, -0.2) is 37.7 Å². The van der Waals surface area contributed by atoms with Crippen LogP contribution in [0.15, 0.2) is 36.7 Å². The fraction of sp³-hybridized carbons (Fsp3) is 0.611. The molecular formula is C18H27N3+2. The van der Waals surface area contributed by atoms with Gasteiger partial charge in [-0.2, -0.15) is 0 Å². The molecule has 1 aliphatic heterocycles.